The Bertz CT molecular complexity index is 3760. The van der Waals surface area contributed by atoms with E-state index in [-0.39, 0.29) is 44.2 Å². The monoisotopic (exact) mass is 1130 g/mol. The molecule has 0 radical (unpaired) electrons. The normalized spacial score (nSPS) is 13.0. The Balaban J connectivity index is 1.03. The van der Waals surface area contributed by atoms with Crippen LogP contribution in [0.15, 0.2) is 133 Å². The van der Waals surface area contributed by atoms with Crippen molar-refractivity contribution in [1.82, 2.24) is 9.13 Å². The van der Waals surface area contributed by atoms with Crippen molar-refractivity contribution in [3.8, 4) is 56.6 Å². The molecule has 10 rings (SSSR count). The fourth-order valence-corrected chi connectivity index (χ4v) is 15.8. The lowest BCUT2D eigenvalue weighted by molar-refractivity contribution is 0.334. The number of aryl methyl sites for hydroxylation is 2. The Hall–Kier alpha value is -7.36. The van der Waals surface area contributed by atoms with Gasteiger partial charge >= 0.3 is 0 Å². The summed E-state index contributed by atoms with van der Waals surface area (Å²) in [7, 11) is -2.71. The Labute approximate surface area is 491 Å². The first-order valence-electron chi connectivity index (χ1n) is 29.5. The van der Waals surface area contributed by atoms with Crippen LogP contribution in [0, 0.1) is 25.5 Å². The van der Waals surface area contributed by atoms with Crippen LogP contribution in [0.25, 0.3) is 77.2 Å². The summed E-state index contributed by atoms with van der Waals surface area (Å²) in [6.07, 6.45) is 0.606. The van der Waals surface area contributed by atoms with Gasteiger partial charge in [0.25, 0.3) is 0 Å². The third-order valence-electron chi connectivity index (χ3n) is 17.7. The van der Waals surface area contributed by atoms with E-state index in [9.17, 15) is 10.2 Å². The molecule has 0 saturated heterocycles. The van der Waals surface area contributed by atoms with Gasteiger partial charge in [-0.05, 0) is 189 Å². The highest BCUT2D eigenvalue weighted by molar-refractivity contribution is 6.82. The highest BCUT2D eigenvalue weighted by atomic mass is 28.3. The molecule has 6 nitrogen and oxygen atoms in total. The lowest BCUT2D eigenvalue weighted by Gasteiger charge is -2.38. The third kappa shape index (κ3) is 10.8. The van der Waals surface area contributed by atoms with Gasteiger partial charge in [0.2, 0.25) is 0 Å². The van der Waals surface area contributed by atoms with Gasteiger partial charge in [0.15, 0.2) is 0 Å². The van der Waals surface area contributed by atoms with Gasteiger partial charge in [0.1, 0.15) is 42.7 Å². The maximum atomic E-state index is 15.8. The van der Waals surface area contributed by atoms with Gasteiger partial charge in [-0.25, -0.2) is 8.78 Å². The van der Waals surface area contributed by atoms with E-state index >= 15 is 8.78 Å². The number of hydrogen-bond acceptors (Lipinski definition) is 4. The SMILES string of the molecule is Cc1cc(-c2cc(F)ccc2OC[Si](COc2ccc(F)cc2-c2cc(C)cc(-n3c4ccc(C(C)(C)C)cc4c4cc(C(C)(C)C)ccc43)c2O)(C(C)C)C(C)C)c(O)c(-n2c3ccc(C(C)(C)C)cc3c3cc(C(C)(C)C)ccc32)c1. The van der Waals surface area contributed by atoms with Crippen LogP contribution >= 0.6 is 0 Å². The number of hydrogen-bond donors (Lipinski definition) is 2. The summed E-state index contributed by atoms with van der Waals surface area (Å²) in [5, 5.41) is 29.8. The Morgan fingerprint density at radius 3 is 0.952 bits per heavy atom. The molecule has 0 aliphatic heterocycles. The van der Waals surface area contributed by atoms with E-state index in [1.807, 2.05) is 38.1 Å². The van der Waals surface area contributed by atoms with Crippen molar-refractivity contribution in [2.45, 2.75) is 157 Å². The maximum absolute atomic E-state index is 15.8. The van der Waals surface area contributed by atoms with Gasteiger partial charge in [-0.15, -0.1) is 0 Å². The highest BCUT2D eigenvalue weighted by Gasteiger charge is 2.43. The van der Waals surface area contributed by atoms with E-state index in [4.69, 9.17) is 9.47 Å². The van der Waals surface area contributed by atoms with E-state index in [2.05, 4.69) is 193 Å². The predicted molar refractivity (Wildman–Crippen MR) is 347 cm³/mol. The minimum Gasteiger partial charge on any atom is -0.505 e. The van der Waals surface area contributed by atoms with E-state index < -0.39 is 19.7 Å². The zero-order chi connectivity index (χ0) is 60.2. The van der Waals surface area contributed by atoms with Crippen LogP contribution in [0.5, 0.6) is 23.0 Å². The first-order chi connectivity index (χ1) is 38.8. The summed E-state index contributed by atoms with van der Waals surface area (Å²) >= 11 is 0. The van der Waals surface area contributed by atoms with Crippen LogP contribution in [0.4, 0.5) is 8.78 Å². The molecular formula is C74H84F2N2O4Si. The van der Waals surface area contributed by atoms with Crippen LogP contribution in [-0.2, 0) is 21.7 Å². The molecule has 2 heterocycles. The third-order valence-corrected chi connectivity index (χ3v) is 23.7. The molecule has 0 aliphatic rings. The number of benzene rings is 8. The van der Waals surface area contributed by atoms with Crippen molar-refractivity contribution in [3.05, 3.63) is 178 Å². The molecule has 432 valence electrons. The average molecular weight is 1130 g/mol. The summed E-state index contributed by atoms with van der Waals surface area (Å²) in [5.41, 5.74) is 13.4. The zero-order valence-corrected chi connectivity index (χ0v) is 53.1. The number of aromatic nitrogens is 2. The Morgan fingerprint density at radius 1 is 0.398 bits per heavy atom. The molecule has 83 heavy (non-hydrogen) atoms. The number of ether oxygens (including phenoxy) is 2. The molecule has 8 aromatic carbocycles. The molecule has 0 saturated carbocycles. The maximum Gasteiger partial charge on any atom is 0.147 e. The molecule has 0 amide bonds. The molecule has 0 unspecified atom stereocenters. The number of aromatic hydroxyl groups is 2. The summed E-state index contributed by atoms with van der Waals surface area (Å²) in [5.74, 6) is -0.000125. The number of phenolic OH excluding ortho intramolecular Hbond substituents is 2. The van der Waals surface area contributed by atoms with Crippen molar-refractivity contribution >= 4 is 51.7 Å². The van der Waals surface area contributed by atoms with Crippen LogP contribution in [-0.4, -0.2) is 39.9 Å². The lowest BCUT2D eigenvalue weighted by Crippen LogP contribution is -2.53. The quantitative estimate of drug-likeness (QED) is 0.120. The molecule has 10 aromatic rings. The van der Waals surface area contributed by atoms with Gasteiger partial charge in [0.05, 0.1) is 45.9 Å². The van der Waals surface area contributed by atoms with Crippen molar-refractivity contribution < 1.29 is 28.5 Å². The van der Waals surface area contributed by atoms with E-state index in [1.54, 1.807) is 12.1 Å². The largest absolute Gasteiger partial charge is 0.505 e. The smallest absolute Gasteiger partial charge is 0.147 e. The van der Waals surface area contributed by atoms with E-state index in [0.717, 1.165) is 54.7 Å². The fraction of sp³-hybridized carbons (Fsp3) is 0.351. The van der Waals surface area contributed by atoms with Crippen molar-refractivity contribution in [3.63, 3.8) is 0 Å². The summed E-state index contributed by atoms with van der Waals surface area (Å²) in [4.78, 5) is 0. The van der Waals surface area contributed by atoms with Crippen LogP contribution < -0.4 is 9.47 Å². The standard InChI is InChI=1S/C74H84F2N2O4Si/c1-43(2)83(44(3)4,41-81-67-29-23-51(75)39-57(67)59-31-45(5)33-65(69(59)79)77-61-25-19-47(71(7,8)9)35-53(61)54-36-48(72(10,11)12)20-26-62(54)77)42-82-68-30-24-52(76)40-58(68)60-32-46(6)34-66(70(60)80)78-63-27-21-49(73(13,14)15)37-55(63)56-38-50(74(16,17)18)22-28-64(56)78/h19-40,43-44,79-80H,41-42H2,1-18H3. The molecule has 0 fully saturated rings. The zero-order valence-electron chi connectivity index (χ0n) is 52.1. The predicted octanol–water partition coefficient (Wildman–Crippen LogP) is 20.5. The van der Waals surface area contributed by atoms with E-state index in [0.29, 0.717) is 57.6 Å². The number of fused-ring (bicyclic) bond motifs is 6. The first-order valence-corrected chi connectivity index (χ1v) is 32.1. The van der Waals surface area contributed by atoms with Crippen molar-refractivity contribution in [1.29, 1.82) is 0 Å². The van der Waals surface area contributed by atoms with Crippen molar-refractivity contribution in [2.24, 2.45) is 0 Å². The molecule has 2 aromatic heterocycles. The molecular weight excluding hydrogens is 1050 g/mol. The van der Waals surface area contributed by atoms with Crippen LogP contribution in [0.1, 0.15) is 144 Å². The van der Waals surface area contributed by atoms with Gasteiger partial charge in [-0.3, -0.25) is 0 Å². The lowest BCUT2D eigenvalue weighted by atomic mass is 9.85. The van der Waals surface area contributed by atoms with Crippen LogP contribution in [0.3, 0.4) is 0 Å². The van der Waals surface area contributed by atoms with Gasteiger partial charge in [-0.2, -0.15) is 0 Å². The second-order valence-corrected chi connectivity index (χ2v) is 33.7. The molecule has 9 heteroatoms. The number of rotatable bonds is 12. The molecule has 0 aliphatic carbocycles. The molecule has 0 spiro atoms. The van der Waals surface area contributed by atoms with Crippen LogP contribution in [0.2, 0.25) is 11.1 Å². The minimum atomic E-state index is -2.71. The van der Waals surface area contributed by atoms with Gasteiger partial charge in [-0.1, -0.05) is 135 Å². The summed E-state index contributed by atoms with van der Waals surface area (Å²) in [6.45, 7) is 39.5. The second-order valence-electron chi connectivity index (χ2n) is 28.4. The fourth-order valence-electron chi connectivity index (χ4n) is 12.2. The van der Waals surface area contributed by atoms with E-state index in [1.165, 1.54) is 46.5 Å². The number of phenols is 2. The molecule has 0 atom stereocenters. The number of nitrogens with zero attached hydrogens (tertiary/aromatic N) is 2. The average Bonchev–Trinajstić information content (AvgIpc) is 4.08. The topological polar surface area (TPSA) is 68.8 Å². The number of halogens is 2. The Kier molecular flexibility index (Phi) is 14.9. The van der Waals surface area contributed by atoms with Gasteiger partial charge in [0, 0.05) is 43.8 Å². The molecule has 0 bridgehead atoms. The minimum absolute atomic E-state index is 0.0121. The summed E-state index contributed by atoms with van der Waals surface area (Å²) < 4.78 is 49.9. The first kappa shape index (κ1) is 58.8. The van der Waals surface area contributed by atoms with Gasteiger partial charge < -0.3 is 28.8 Å². The van der Waals surface area contributed by atoms with Crippen molar-refractivity contribution in [2.75, 3.05) is 12.5 Å². The summed E-state index contributed by atoms with van der Waals surface area (Å²) in [6, 6.07) is 43.3. The second kappa shape index (κ2) is 21.1. The molecule has 2 N–H and O–H groups in total. The highest BCUT2D eigenvalue weighted by Crippen LogP contribution is 2.48. The Morgan fingerprint density at radius 2 is 0.687 bits per heavy atom.